The summed E-state index contributed by atoms with van der Waals surface area (Å²) < 4.78 is 0. The molecule has 140 valence electrons. The molecule has 1 aliphatic heterocycles. The molecule has 0 aliphatic carbocycles. The summed E-state index contributed by atoms with van der Waals surface area (Å²) in [6.45, 7) is 3.97. The smallest absolute Gasteiger partial charge is 0.166 e. The highest BCUT2D eigenvalue weighted by Gasteiger charge is 2.24. The van der Waals surface area contributed by atoms with Gasteiger partial charge in [0.1, 0.15) is 12.5 Å². The van der Waals surface area contributed by atoms with E-state index in [4.69, 9.17) is 33.1 Å². The quantitative estimate of drug-likeness (QED) is 0.746. The Morgan fingerprint density at radius 2 is 1.62 bits per heavy atom. The zero-order valence-electron chi connectivity index (χ0n) is 14.7. The molecule has 0 amide bonds. The number of hydrogen-bond acceptors (Lipinski definition) is 4. The van der Waals surface area contributed by atoms with Gasteiger partial charge in [-0.25, -0.2) is 0 Å². The fraction of sp³-hybridized carbons (Fsp3) is 0.300. The SMILES string of the molecule is C=O.CN1CCC(C(=O)c2ccc(Cl)c(Cl)c2)CC1.Oc1ccccc1. The molecule has 1 aliphatic rings. The van der Waals surface area contributed by atoms with Gasteiger partial charge in [-0.1, -0.05) is 41.4 Å². The highest BCUT2D eigenvalue weighted by atomic mass is 35.5. The van der Waals surface area contributed by atoms with Crippen LogP contribution in [0, 0.1) is 5.92 Å². The minimum atomic E-state index is 0.128. The lowest BCUT2D eigenvalue weighted by Crippen LogP contribution is -2.33. The number of para-hydroxylation sites is 1. The van der Waals surface area contributed by atoms with Gasteiger partial charge in [0.15, 0.2) is 5.78 Å². The molecule has 0 spiro atoms. The number of Topliss-reactive ketones (excluding diaryl/α,β-unsaturated/α-hetero) is 1. The molecule has 4 nitrogen and oxygen atoms in total. The number of aromatic hydroxyl groups is 1. The molecule has 0 bridgehead atoms. The van der Waals surface area contributed by atoms with Crippen molar-refractivity contribution < 1.29 is 14.7 Å². The average molecular weight is 396 g/mol. The first-order valence-corrected chi connectivity index (χ1v) is 8.93. The number of carbonyl (C=O) groups excluding carboxylic acids is 2. The number of benzene rings is 2. The lowest BCUT2D eigenvalue weighted by atomic mass is 9.89. The number of nitrogens with zero attached hydrogens (tertiary/aromatic N) is 1. The van der Waals surface area contributed by atoms with Crippen molar-refractivity contribution in [3.8, 4) is 5.75 Å². The number of likely N-dealkylation sites (tertiary alicyclic amines) is 1. The van der Waals surface area contributed by atoms with E-state index in [2.05, 4.69) is 11.9 Å². The number of piperidine rings is 1. The van der Waals surface area contributed by atoms with Crippen molar-refractivity contribution in [3.05, 3.63) is 64.1 Å². The molecular formula is C20H23Cl2NO3. The fourth-order valence-electron chi connectivity index (χ4n) is 2.58. The van der Waals surface area contributed by atoms with Crippen molar-refractivity contribution in [2.24, 2.45) is 5.92 Å². The van der Waals surface area contributed by atoms with Gasteiger partial charge >= 0.3 is 0 Å². The molecule has 0 radical (unpaired) electrons. The normalized spacial score (nSPS) is 14.4. The standard InChI is InChI=1S/C13H15Cl2NO.C6H6O.CH2O/c1-16-6-4-9(5-7-16)13(17)10-2-3-11(14)12(15)8-10;7-6-4-2-1-3-5-6;1-2/h2-3,8-9H,4-7H2,1H3;1-5,7H;1H2. The third-order valence-electron chi connectivity index (χ3n) is 4.05. The van der Waals surface area contributed by atoms with Crippen molar-refractivity contribution in [1.29, 1.82) is 0 Å². The molecule has 1 saturated heterocycles. The van der Waals surface area contributed by atoms with Crippen LogP contribution in [0.2, 0.25) is 10.0 Å². The molecule has 1 fully saturated rings. The molecule has 1 heterocycles. The van der Waals surface area contributed by atoms with Gasteiger partial charge in [-0.3, -0.25) is 4.79 Å². The first-order chi connectivity index (χ1) is 12.5. The predicted molar refractivity (Wildman–Crippen MR) is 106 cm³/mol. The average Bonchev–Trinajstić information content (AvgIpc) is 2.67. The van der Waals surface area contributed by atoms with Gasteiger partial charge < -0.3 is 14.8 Å². The van der Waals surface area contributed by atoms with Crippen LogP contribution in [0.3, 0.4) is 0 Å². The Hall–Kier alpha value is -1.88. The van der Waals surface area contributed by atoms with Gasteiger partial charge in [0, 0.05) is 11.5 Å². The van der Waals surface area contributed by atoms with E-state index in [-0.39, 0.29) is 11.7 Å². The maximum absolute atomic E-state index is 12.2. The third-order valence-corrected chi connectivity index (χ3v) is 4.79. The number of ketones is 1. The van der Waals surface area contributed by atoms with E-state index in [0.29, 0.717) is 21.4 Å². The highest BCUT2D eigenvalue weighted by Crippen LogP contribution is 2.26. The molecule has 26 heavy (non-hydrogen) atoms. The second kappa shape index (κ2) is 11.7. The Labute approximate surface area is 164 Å². The van der Waals surface area contributed by atoms with Crippen LogP contribution < -0.4 is 0 Å². The van der Waals surface area contributed by atoms with Crippen LogP contribution in [0.1, 0.15) is 23.2 Å². The van der Waals surface area contributed by atoms with E-state index in [0.717, 1.165) is 25.9 Å². The Kier molecular flexibility index (Phi) is 9.96. The lowest BCUT2D eigenvalue weighted by Gasteiger charge is -2.28. The molecule has 1 N–H and O–H groups in total. The molecule has 0 unspecified atom stereocenters. The summed E-state index contributed by atoms with van der Waals surface area (Å²) in [5, 5.41) is 9.57. The summed E-state index contributed by atoms with van der Waals surface area (Å²) in [5.41, 5.74) is 0.675. The minimum Gasteiger partial charge on any atom is -0.508 e. The predicted octanol–water partition coefficient (Wildman–Crippen LogP) is 4.73. The van der Waals surface area contributed by atoms with E-state index in [1.807, 2.05) is 12.9 Å². The molecule has 2 aromatic rings. The second-order valence-corrected chi connectivity index (χ2v) is 6.72. The summed E-state index contributed by atoms with van der Waals surface area (Å²) in [4.78, 5) is 22.5. The number of halogens is 2. The summed E-state index contributed by atoms with van der Waals surface area (Å²) in [6, 6.07) is 13.8. The second-order valence-electron chi connectivity index (χ2n) is 5.91. The first-order valence-electron chi connectivity index (χ1n) is 8.18. The van der Waals surface area contributed by atoms with Crippen LogP contribution >= 0.6 is 23.2 Å². The van der Waals surface area contributed by atoms with Crippen molar-refractivity contribution in [3.63, 3.8) is 0 Å². The first kappa shape index (κ1) is 22.2. The summed E-state index contributed by atoms with van der Waals surface area (Å²) in [6.07, 6.45) is 1.85. The van der Waals surface area contributed by atoms with Crippen molar-refractivity contribution in [2.45, 2.75) is 12.8 Å². The largest absolute Gasteiger partial charge is 0.508 e. The molecule has 3 rings (SSSR count). The number of phenols is 1. The monoisotopic (exact) mass is 395 g/mol. The van der Waals surface area contributed by atoms with E-state index >= 15 is 0 Å². The molecule has 0 aromatic heterocycles. The Morgan fingerprint density at radius 3 is 2.08 bits per heavy atom. The fourth-order valence-corrected chi connectivity index (χ4v) is 2.88. The number of phenolic OH excluding ortho intramolecular Hbond substituents is 1. The van der Waals surface area contributed by atoms with Crippen LogP contribution in [0.25, 0.3) is 0 Å². The number of hydrogen-bond donors (Lipinski definition) is 1. The zero-order chi connectivity index (χ0) is 19.5. The zero-order valence-corrected chi connectivity index (χ0v) is 16.2. The third kappa shape index (κ3) is 7.16. The summed E-state index contributed by atoms with van der Waals surface area (Å²) in [5.74, 6) is 0.641. The maximum Gasteiger partial charge on any atom is 0.166 e. The molecule has 6 heteroatoms. The van der Waals surface area contributed by atoms with Crippen LogP contribution in [-0.2, 0) is 4.79 Å². The van der Waals surface area contributed by atoms with Crippen molar-refractivity contribution in [2.75, 3.05) is 20.1 Å². The molecule has 0 saturated carbocycles. The number of rotatable bonds is 2. The van der Waals surface area contributed by atoms with Crippen LogP contribution in [0.5, 0.6) is 5.75 Å². The lowest BCUT2D eigenvalue weighted by molar-refractivity contribution is -0.0980. The van der Waals surface area contributed by atoms with E-state index in [9.17, 15) is 4.79 Å². The van der Waals surface area contributed by atoms with Crippen molar-refractivity contribution in [1.82, 2.24) is 4.90 Å². The molecule has 2 aromatic carbocycles. The van der Waals surface area contributed by atoms with E-state index in [1.54, 1.807) is 42.5 Å². The Morgan fingerprint density at radius 1 is 1.04 bits per heavy atom. The topological polar surface area (TPSA) is 57.6 Å². The summed E-state index contributed by atoms with van der Waals surface area (Å²) >= 11 is 11.8. The van der Waals surface area contributed by atoms with E-state index < -0.39 is 0 Å². The minimum absolute atomic E-state index is 0.128. The van der Waals surface area contributed by atoms with Gasteiger partial charge in [0.2, 0.25) is 0 Å². The number of carbonyl (C=O) groups is 2. The van der Waals surface area contributed by atoms with Gasteiger partial charge in [0.05, 0.1) is 10.0 Å². The van der Waals surface area contributed by atoms with Gasteiger partial charge in [-0.2, -0.15) is 0 Å². The highest BCUT2D eigenvalue weighted by molar-refractivity contribution is 6.42. The van der Waals surface area contributed by atoms with Gasteiger partial charge in [0.25, 0.3) is 0 Å². The van der Waals surface area contributed by atoms with Crippen molar-refractivity contribution >= 4 is 35.8 Å². The van der Waals surface area contributed by atoms with Crippen LogP contribution in [0.15, 0.2) is 48.5 Å². The van der Waals surface area contributed by atoms with Crippen LogP contribution in [0.4, 0.5) is 0 Å². The van der Waals surface area contributed by atoms with E-state index in [1.165, 1.54) is 0 Å². The Bertz CT molecular complexity index is 687. The molecule has 0 atom stereocenters. The maximum atomic E-state index is 12.2. The van der Waals surface area contributed by atoms with Gasteiger partial charge in [-0.05, 0) is 63.3 Å². The molecular weight excluding hydrogens is 373 g/mol. The van der Waals surface area contributed by atoms with Crippen LogP contribution in [-0.4, -0.2) is 42.7 Å². The summed E-state index contributed by atoms with van der Waals surface area (Å²) in [7, 11) is 2.08. The Balaban J connectivity index is 0.000000313. The van der Waals surface area contributed by atoms with Gasteiger partial charge in [-0.15, -0.1) is 0 Å².